The Morgan fingerprint density at radius 1 is 1.58 bits per heavy atom. The van der Waals surface area contributed by atoms with Gasteiger partial charge in [0.25, 0.3) is 0 Å². The van der Waals surface area contributed by atoms with Gasteiger partial charge >= 0.3 is 0 Å². The van der Waals surface area contributed by atoms with Crippen LogP contribution in [-0.4, -0.2) is 18.7 Å². The van der Waals surface area contributed by atoms with Crippen LogP contribution in [0.5, 0.6) is 0 Å². The summed E-state index contributed by atoms with van der Waals surface area (Å²) in [6.07, 6.45) is 0. The van der Waals surface area contributed by atoms with Crippen LogP contribution in [0.15, 0.2) is 16.5 Å². The first kappa shape index (κ1) is 9.29. The number of likely N-dealkylation sites (N-methyl/N-ethyl adjacent to an activating group) is 1. The van der Waals surface area contributed by atoms with Crippen molar-refractivity contribution in [1.82, 2.24) is 5.32 Å². The summed E-state index contributed by atoms with van der Waals surface area (Å²) in [6.45, 7) is 4.07. The van der Waals surface area contributed by atoms with E-state index >= 15 is 0 Å². The van der Waals surface area contributed by atoms with Crippen LogP contribution in [0.25, 0.3) is 0 Å². The molecular weight excluding hydrogens is 154 g/mol. The normalized spacial score (nSPS) is 16.0. The molecule has 0 radical (unpaired) electrons. The molecule has 0 bridgehead atoms. The second-order valence-electron chi connectivity index (χ2n) is 3.21. The summed E-state index contributed by atoms with van der Waals surface area (Å²) in [4.78, 5) is 0. The van der Waals surface area contributed by atoms with Crippen LogP contribution in [0.4, 0.5) is 0 Å². The van der Waals surface area contributed by atoms with Crippen LogP contribution in [0.2, 0.25) is 0 Å². The van der Waals surface area contributed by atoms with Gasteiger partial charge in [-0.2, -0.15) is 0 Å². The molecule has 1 atom stereocenters. The average molecular weight is 169 g/mol. The minimum Gasteiger partial charge on any atom is -0.463 e. The van der Waals surface area contributed by atoms with E-state index < -0.39 is 5.60 Å². The van der Waals surface area contributed by atoms with Crippen molar-refractivity contribution in [3.05, 3.63) is 23.7 Å². The van der Waals surface area contributed by atoms with Gasteiger partial charge in [0.15, 0.2) is 0 Å². The zero-order valence-electron chi connectivity index (χ0n) is 7.72. The highest BCUT2D eigenvalue weighted by Crippen LogP contribution is 2.21. The van der Waals surface area contributed by atoms with Gasteiger partial charge in [-0.3, -0.25) is 0 Å². The van der Waals surface area contributed by atoms with E-state index in [0.29, 0.717) is 12.3 Å². The quantitative estimate of drug-likeness (QED) is 0.710. The molecule has 0 aliphatic rings. The van der Waals surface area contributed by atoms with Gasteiger partial charge in [-0.15, -0.1) is 0 Å². The number of furan rings is 1. The second-order valence-corrected chi connectivity index (χ2v) is 3.21. The van der Waals surface area contributed by atoms with Gasteiger partial charge in [0.05, 0.1) is 0 Å². The molecule has 3 heteroatoms. The first-order valence-corrected chi connectivity index (χ1v) is 4.00. The number of aliphatic hydroxyl groups is 1. The summed E-state index contributed by atoms with van der Waals surface area (Å²) in [7, 11) is 1.80. The van der Waals surface area contributed by atoms with Crippen molar-refractivity contribution in [3.63, 3.8) is 0 Å². The van der Waals surface area contributed by atoms with E-state index in [4.69, 9.17) is 4.42 Å². The van der Waals surface area contributed by atoms with Gasteiger partial charge in [0, 0.05) is 6.54 Å². The van der Waals surface area contributed by atoms with Crippen molar-refractivity contribution in [2.45, 2.75) is 19.4 Å². The van der Waals surface area contributed by atoms with Gasteiger partial charge in [-0.05, 0) is 33.0 Å². The number of nitrogens with one attached hydrogen (secondary N) is 1. The zero-order chi connectivity index (χ0) is 9.19. The third-order valence-corrected chi connectivity index (χ3v) is 1.79. The van der Waals surface area contributed by atoms with E-state index in [1.807, 2.05) is 13.0 Å². The van der Waals surface area contributed by atoms with Crippen LogP contribution in [0.1, 0.15) is 18.4 Å². The molecule has 1 unspecified atom stereocenters. The Bertz CT molecular complexity index is 253. The minimum absolute atomic E-state index is 0.486. The Morgan fingerprint density at radius 2 is 2.25 bits per heavy atom. The number of rotatable bonds is 3. The van der Waals surface area contributed by atoms with Crippen LogP contribution in [0.3, 0.4) is 0 Å². The third-order valence-electron chi connectivity index (χ3n) is 1.79. The highest BCUT2D eigenvalue weighted by Gasteiger charge is 2.25. The predicted octanol–water partition coefficient (Wildman–Crippen LogP) is 1.01. The molecular formula is C9H15NO2. The first-order chi connectivity index (χ1) is 5.56. The maximum Gasteiger partial charge on any atom is 0.136 e. The lowest BCUT2D eigenvalue weighted by atomic mass is 10.0. The molecule has 1 aromatic rings. The van der Waals surface area contributed by atoms with Crippen molar-refractivity contribution >= 4 is 0 Å². The molecule has 0 spiro atoms. The summed E-state index contributed by atoms with van der Waals surface area (Å²) in [5, 5.41) is 12.7. The molecule has 0 aliphatic carbocycles. The Balaban J connectivity index is 2.81. The summed E-state index contributed by atoms with van der Waals surface area (Å²) >= 11 is 0. The van der Waals surface area contributed by atoms with Crippen LogP contribution in [-0.2, 0) is 5.60 Å². The topological polar surface area (TPSA) is 45.4 Å². The van der Waals surface area contributed by atoms with E-state index in [0.717, 1.165) is 5.76 Å². The Kier molecular flexibility index (Phi) is 2.55. The SMILES string of the molecule is CNCC(C)(O)c1ccc(C)o1. The summed E-state index contributed by atoms with van der Waals surface area (Å²) < 4.78 is 5.31. The smallest absolute Gasteiger partial charge is 0.136 e. The Hall–Kier alpha value is -0.800. The standard InChI is InChI=1S/C9H15NO2/c1-7-4-5-8(12-7)9(2,11)6-10-3/h4-5,10-11H,6H2,1-3H3. The number of hydrogen-bond acceptors (Lipinski definition) is 3. The summed E-state index contributed by atoms with van der Waals surface area (Å²) in [5.41, 5.74) is -0.914. The molecule has 2 N–H and O–H groups in total. The average Bonchev–Trinajstić information content (AvgIpc) is 2.36. The predicted molar refractivity (Wildman–Crippen MR) is 46.9 cm³/mol. The van der Waals surface area contributed by atoms with E-state index in [9.17, 15) is 5.11 Å². The summed E-state index contributed by atoms with van der Waals surface area (Å²) in [6, 6.07) is 3.64. The van der Waals surface area contributed by atoms with E-state index in [2.05, 4.69) is 5.32 Å². The molecule has 1 rings (SSSR count). The molecule has 1 aromatic heterocycles. The molecule has 1 heterocycles. The summed E-state index contributed by atoms with van der Waals surface area (Å²) in [5.74, 6) is 1.43. The third kappa shape index (κ3) is 1.87. The van der Waals surface area contributed by atoms with Gasteiger partial charge in [-0.1, -0.05) is 0 Å². The lowest BCUT2D eigenvalue weighted by Crippen LogP contribution is -2.33. The maximum atomic E-state index is 9.84. The van der Waals surface area contributed by atoms with Gasteiger partial charge in [0.1, 0.15) is 17.1 Å². The minimum atomic E-state index is -0.914. The van der Waals surface area contributed by atoms with E-state index in [1.165, 1.54) is 0 Å². The highest BCUT2D eigenvalue weighted by molar-refractivity contribution is 5.12. The molecule has 0 fully saturated rings. The Morgan fingerprint density at radius 3 is 2.67 bits per heavy atom. The molecule has 3 nitrogen and oxygen atoms in total. The monoisotopic (exact) mass is 169 g/mol. The van der Waals surface area contributed by atoms with Crippen molar-refractivity contribution in [2.24, 2.45) is 0 Å². The van der Waals surface area contributed by atoms with Crippen LogP contribution >= 0.6 is 0 Å². The van der Waals surface area contributed by atoms with E-state index in [-0.39, 0.29) is 0 Å². The van der Waals surface area contributed by atoms with Crippen molar-refractivity contribution in [2.75, 3.05) is 13.6 Å². The fourth-order valence-corrected chi connectivity index (χ4v) is 1.16. The van der Waals surface area contributed by atoms with Crippen LogP contribution < -0.4 is 5.32 Å². The molecule has 0 aliphatic heterocycles. The van der Waals surface area contributed by atoms with Gasteiger partial charge < -0.3 is 14.8 Å². The van der Waals surface area contributed by atoms with Crippen LogP contribution in [0, 0.1) is 6.92 Å². The highest BCUT2D eigenvalue weighted by atomic mass is 16.4. The fraction of sp³-hybridized carbons (Fsp3) is 0.556. The molecule has 0 saturated heterocycles. The van der Waals surface area contributed by atoms with Crippen molar-refractivity contribution < 1.29 is 9.52 Å². The lowest BCUT2D eigenvalue weighted by Gasteiger charge is -2.19. The van der Waals surface area contributed by atoms with E-state index in [1.54, 1.807) is 20.0 Å². The zero-order valence-corrected chi connectivity index (χ0v) is 7.72. The molecule has 68 valence electrons. The molecule has 0 saturated carbocycles. The fourth-order valence-electron chi connectivity index (χ4n) is 1.16. The number of hydrogen-bond donors (Lipinski definition) is 2. The maximum absolute atomic E-state index is 9.84. The van der Waals surface area contributed by atoms with Gasteiger partial charge in [-0.25, -0.2) is 0 Å². The molecule has 12 heavy (non-hydrogen) atoms. The van der Waals surface area contributed by atoms with Gasteiger partial charge in [0.2, 0.25) is 0 Å². The largest absolute Gasteiger partial charge is 0.463 e. The molecule has 0 amide bonds. The van der Waals surface area contributed by atoms with Crippen molar-refractivity contribution in [3.8, 4) is 0 Å². The first-order valence-electron chi connectivity index (χ1n) is 4.00. The lowest BCUT2D eigenvalue weighted by molar-refractivity contribution is 0.0355. The Labute approximate surface area is 72.4 Å². The van der Waals surface area contributed by atoms with Crippen molar-refractivity contribution in [1.29, 1.82) is 0 Å². The second kappa shape index (κ2) is 3.29. The molecule has 0 aromatic carbocycles. The number of aryl methyl sites for hydroxylation is 1.